The molecule has 3 amide bonds. The van der Waals surface area contributed by atoms with Gasteiger partial charge in [0.05, 0.1) is 15.4 Å². The molecule has 0 bridgehead atoms. The lowest BCUT2D eigenvalue weighted by Crippen LogP contribution is -2.51. The highest BCUT2D eigenvalue weighted by molar-refractivity contribution is 9.10. The number of imide groups is 1. The predicted molar refractivity (Wildman–Crippen MR) is 126 cm³/mol. The van der Waals surface area contributed by atoms with E-state index in [0.717, 1.165) is 30.3 Å². The molecular weight excluding hydrogens is 540 g/mol. The molecule has 3 aromatic rings. The van der Waals surface area contributed by atoms with Crippen molar-refractivity contribution in [1.82, 2.24) is 10.0 Å². The van der Waals surface area contributed by atoms with E-state index in [9.17, 15) is 39.4 Å². The van der Waals surface area contributed by atoms with Crippen LogP contribution < -0.4 is 0 Å². The van der Waals surface area contributed by atoms with E-state index in [4.69, 9.17) is 0 Å². The Morgan fingerprint density at radius 3 is 2.03 bits per heavy atom. The molecule has 0 atom stereocenters. The average molecular weight is 553 g/mol. The lowest BCUT2D eigenvalue weighted by molar-refractivity contribution is -0.385. The van der Waals surface area contributed by atoms with Gasteiger partial charge in [-0.3, -0.25) is 39.4 Å². The van der Waals surface area contributed by atoms with Gasteiger partial charge < -0.3 is 0 Å². The Balaban J connectivity index is 1.77. The van der Waals surface area contributed by atoms with Crippen LogP contribution in [0.25, 0.3) is 0 Å². The fourth-order valence-corrected chi connectivity index (χ4v) is 3.86. The second-order valence-electron chi connectivity index (χ2n) is 7.48. The number of hydrogen-bond donors (Lipinski definition) is 0. The molecule has 0 radical (unpaired) electrons. The van der Waals surface area contributed by atoms with Gasteiger partial charge in [-0.05, 0) is 30.3 Å². The van der Waals surface area contributed by atoms with Gasteiger partial charge in [0.1, 0.15) is 12.1 Å². The van der Waals surface area contributed by atoms with Crippen LogP contribution in [0.5, 0.6) is 0 Å². The summed E-state index contributed by atoms with van der Waals surface area (Å²) in [4.78, 5) is 73.7. The highest BCUT2D eigenvalue weighted by atomic mass is 79.9. The van der Waals surface area contributed by atoms with Crippen molar-refractivity contribution in [3.05, 3.63) is 114 Å². The first kappa shape index (κ1) is 24.3. The SMILES string of the molecule is O=C(CN(C(=O)c1ccc([N+](=O)[O-])cc1)N1C(=O)c2cccc([N+](=O)[O-])c2C1=O)c1ccc(Br)cc1. The van der Waals surface area contributed by atoms with Crippen molar-refractivity contribution in [2.24, 2.45) is 0 Å². The number of benzene rings is 3. The molecule has 0 aromatic heterocycles. The fourth-order valence-electron chi connectivity index (χ4n) is 3.60. The van der Waals surface area contributed by atoms with E-state index in [-0.39, 0.29) is 22.4 Å². The Hall–Kier alpha value is -4.78. The Morgan fingerprint density at radius 2 is 1.44 bits per heavy atom. The largest absolute Gasteiger partial charge is 0.292 e. The summed E-state index contributed by atoms with van der Waals surface area (Å²) in [6.07, 6.45) is 0. The van der Waals surface area contributed by atoms with Crippen molar-refractivity contribution in [1.29, 1.82) is 0 Å². The minimum Gasteiger partial charge on any atom is -0.292 e. The highest BCUT2D eigenvalue weighted by Gasteiger charge is 2.46. The van der Waals surface area contributed by atoms with Crippen LogP contribution in [0.3, 0.4) is 0 Å². The lowest BCUT2D eigenvalue weighted by atomic mass is 10.1. The van der Waals surface area contributed by atoms with Gasteiger partial charge >= 0.3 is 0 Å². The summed E-state index contributed by atoms with van der Waals surface area (Å²) in [6.45, 7) is -0.767. The molecule has 36 heavy (non-hydrogen) atoms. The Bertz CT molecular complexity index is 1450. The number of nitro groups is 2. The number of non-ortho nitro benzene ring substituents is 1. The van der Waals surface area contributed by atoms with Crippen molar-refractivity contribution in [3.8, 4) is 0 Å². The van der Waals surface area contributed by atoms with Crippen LogP contribution in [0, 0.1) is 20.2 Å². The molecule has 0 saturated heterocycles. The van der Waals surface area contributed by atoms with Gasteiger partial charge in [0.25, 0.3) is 29.1 Å². The first-order valence-corrected chi connectivity index (χ1v) is 10.9. The molecule has 1 aliphatic rings. The topological polar surface area (TPSA) is 161 Å². The van der Waals surface area contributed by atoms with Crippen LogP contribution in [-0.2, 0) is 0 Å². The van der Waals surface area contributed by atoms with Crippen molar-refractivity contribution in [3.63, 3.8) is 0 Å². The Kier molecular flexibility index (Phi) is 6.40. The molecule has 13 heteroatoms. The monoisotopic (exact) mass is 552 g/mol. The van der Waals surface area contributed by atoms with Crippen LogP contribution >= 0.6 is 15.9 Å². The Morgan fingerprint density at radius 1 is 0.833 bits per heavy atom. The van der Waals surface area contributed by atoms with Gasteiger partial charge in [0.2, 0.25) is 0 Å². The van der Waals surface area contributed by atoms with Crippen molar-refractivity contribution < 1.29 is 29.0 Å². The van der Waals surface area contributed by atoms with E-state index in [0.29, 0.717) is 14.5 Å². The van der Waals surface area contributed by atoms with Crippen LogP contribution in [-0.4, -0.2) is 49.9 Å². The van der Waals surface area contributed by atoms with Crippen LogP contribution in [0.2, 0.25) is 0 Å². The van der Waals surface area contributed by atoms with Gasteiger partial charge in [-0.15, -0.1) is 0 Å². The fraction of sp³-hybridized carbons (Fsp3) is 0.0435. The minimum absolute atomic E-state index is 0.157. The summed E-state index contributed by atoms with van der Waals surface area (Å²) in [5.74, 6) is -3.81. The molecular formula is C23H13BrN4O8. The maximum Gasteiger partial charge on any atom is 0.287 e. The molecule has 0 saturated carbocycles. The van der Waals surface area contributed by atoms with Crippen LogP contribution in [0.4, 0.5) is 11.4 Å². The number of hydrogen-bond acceptors (Lipinski definition) is 8. The molecule has 0 aliphatic carbocycles. The van der Waals surface area contributed by atoms with Gasteiger partial charge in [-0.25, -0.2) is 5.01 Å². The maximum atomic E-state index is 13.4. The zero-order valence-electron chi connectivity index (χ0n) is 18.0. The van der Waals surface area contributed by atoms with Crippen LogP contribution in [0.1, 0.15) is 41.4 Å². The smallest absolute Gasteiger partial charge is 0.287 e. The third-order valence-electron chi connectivity index (χ3n) is 5.33. The minimum atomic E-state index is -1.15. The normalized spacial score (nSPS) is 12.3. The van der Waals surface area contributed by atoms with Gasteiger partial charge in [0.15, 0.2) is 5.78 Å². The van der Waals surface area contributed by atoms with Crippen LogP contribution in [0.15, 0.2) is 71.2 Å². The van der Waals surface area contributed by atoms with Gasteiger partial charge in [-0.2, -0.15) is 5.01 Å². The molecule has 180 valence electrons. The van der Waals surface area contributed by atoms with Gasteiger partial charge in [-0.1, -0.05) is 34.1 Å². The lowest BCUT2D eigenvalue weighted by Gasteiger charge is -2.29. The van der Waals surface area contributed by atoms with E-state index < -0.39 is 51.1 Å². The number of nitro benzene ring substituents is 2. The number of halogens is 1. The second kappa shape index (κ2) is 9.46. The van der Waals surface area contributed by atoms with E-state index in [1.807, 2.05) is 0 Å². The standard InChI is InChI=1S/C23H13BrN4O8/c24-15-8-4-13(5-9-15)19(29)12-25(21(30)14-6-10-16(11-7-14)27(33)34)26-22(31)17-2-1-3-18(28(35)36)20(17)23(26)32/h1-11H,12H2. The van der Waals surface area contributed by atoms with E-state index >= 15 is 0 Å². The average Bonchev–Trinajstić information content (AvgIpc) is 3.12. The number of ketones is 1. The molecule has 1 aliphatic heterocycles. The molecule has 12 nitrogen and oxygen atoms in total. The number of rotatable bonds is 7. The van der Waals surface area contributed by atoms with E-state index in [1.165, 1.54) is 24.3 Å². The van der Waals surface area contributed by atoms with Gasteiger partial charge in [0, 0.05) is 33.8 Å². The Labute approximate surface area is 210 Å². The molecule has 3 aromatic carbocycles. The molecule has 0 fully saturated rings. The van der Waals surface area contributed by atoms with Crippen molar-refractivity contribution in [2.75, 3.05) is 6.54 Å². The molecule has 0 spiro atoms. The third kappa shape index (κ3) is 4.34. The summed E-state index contributed by atoms with van der Waals surface area (Å²) in [7, 11) is 0. The quantitative estimate of drug-likeness (QED) is 0.185. The zero-order chi connectivity index (χ0) is 26.1. The summed E-state index contributed by atoms with van der Waals surface area (Å²) < 4.78 is 0.686. The summed E-state index contributed by atoms with van der Waals surface area (Å²) in [6, 6.07) is 13.9. The van der Waals surface area contributed by atoms with E-state index in [1.54, 1.807) is 12.1 Å². The number of nitrogens with zero attached hydrogens (tertiary/aromatic N) is 4. The molecule has 1 heterocycles. The van der Waals surface area contributed by atoms with Crippen molar-refractivity contribution >= 4 is 50.8 Å². The first-order valence-electron chi connectivity index (χ1n) is 10.1. The molecule has 4 rings (SSSR count). The van der Waals surface area contributed by atoms with E-state index in [2.05, 4.69) is 15.9 Å². The number of fused-ring (bicyclic) bond motifs is 1. The maximum absolute atomic E-state index is 13.4. The number of carbonyl (C=O) groups excluding carboxylic acids is 4. The van der Waals surface area contributed by atoms with Crippen molar-refractivity contribution in [2.45, 2.75) is 0 Å². The number of Topliss-reactive ketones (excluding diaryl/α,β-unsaturated/α-hetero) is 1. The second-order valence-corrected chi connectivity index (χ2v) is 8.39. The number of amides is 3. The molecule has 0 N–H and O–H groups in total. The summed E-state index contributed by atoms with van der Waals surface area (Å²) >= 11 is 3.24. The third-order valence-corrected chi connectivity index (χ3v) is 5.86. The molecule has 0 unspecified atom stereocenters. The highest BCUT2D eigenvalue weighted by Crippen LogP contribution is 2.32. The zero-order valence-corrected chi connectivity index (χ0v) is 19.6. The predicted octanol–water partition coefficient (Wildman–Crippen LogP) is 3.80. The summed E-state index contributed by atoms with van der Waals surface area (Å²) in [5, 5.41) is 23.4. The summed E-state index contributed by atoms with van der Waals surface area (Å²) in [5.41, 5.74) is -1.73. The first-order chi connectivity index (χ1) is 17.1. The number of carbonyl (C=O) groups is 4. The number of hydrazine groups is 1.